The number of hydrogen-bond donors (Lipinski definition) is 1. The molecule has 0 aliphatic rings. The van der Waals surface area contributed by atoms with Gasteiger partial charge in [0.15, 0.2) is 0 Å². The summed E-state index contributed by atoms with van der Waals surface area (Å²) in [6.07, 6.45) is 2.31. The van der Waals surface area contributed by atoms with E-state index in [-0.39, 0.29) is 0 Å². The summed E-state index contributed by atoms with van der Waals surface area (Å²) in [6, 6.07) is 2.31. The largest absolute Gasteiger partial charge is 0.367 e. The van der Waals surface area contributed by atoms with Crippen molar-refractivity contribution >= 4 is 17.4 Å². The molecule has 0 aliphatic heterocycles. The lowest BCUT2D eigenvalue weighted by Crippen LogP contribution is -2.25. The van der Waals surface area contributed by atoms with Crippen LogP contribution in [0.4, 0.5) is 5.82 Å². The molecule has 108 valence electrons. The summed E-state index contributed by atoms with van der Waals surface area (Å²) >= 11 is 5.85. The van der Waals surface area contributed by atoms with E-state index in [1.165, 1.54) is 6.42 Å². The highest BCUT2D eigenvalue weighted by molar-refractivity contribution is 6.28. The minimum absolute atomic E-state index is 0.304. The highest BCUT2D eigenvalue weighted by atomic mass is 35.5. The van der Waals surface area contributed by atoms with Crippen LogP contribution in [0.1, 0.15) is 39.3 Å². The van der Waals surface area contributed by atoms with Crippen LogP contribution in [0.15, 0.2) is 6.07 Å². The van der Waals surface area contributed by atoms with Gasteiger partial charge >= 0.3 is 0 Å². The van der Waals surface area contributed by atoms with Gasteiger partial charge in [0, 0.05) is 17.8 Å². The van der Waals surface area contributed by atoms with Gasteiger partial charge in [-0.3, -0.25) is 0 Å². The molecule has 1 rings (SSSR count). The fourth-order valence-corrected chi connectivity index (χ4v) is 2.32. The molecule has 1 aromatic rings. The molecule has 0 aliphatic carbocycles. The molecule has 1 atom stereocenters. The van der Waals surface area contributed by atoms with Gasteiger partial charge in [-0.2, -0.15) is 0 Å². The van der Waals surface area contributed by atoms with Crippen molar-refractivity contribution in [3.63, 3.8) is 0 Å². The molecule has 0 radical (unpaired) electrons. The van der Waals surface area contributed by atoms with Crippen molar-refractivity contribution in [1.82, 2.24) is 14.9 Å². The number of hydrogen-bond acceptors (Lipinski definition) is 4. The molecule has 1 N–H and O–H groups in total. The Labute approximate surface area is 121 Å². The highest BCUT2D eigenvalue weighted by Gasteiger charge is 2.06. The smallest absolute Gasteiger partial charge is 0.224 e. The maximum absolute atomic E-state index is 5.85. The van der Waals surface area contributed by atoms with Crippen LogP contribution < -0.4 is 5.32 Å². The molecular formula is C14H25ClN4. The Hall–Kier alpha value is -0.870. The van der Waals surface area contributed by atoms with Gasteiger partial charge in [0.1, 0.15) is 5.82 Å². The second-order valence-corrected chi connectivity index (χ2v) is 5.22. The van der Waals surface area contributed by atoms with Crippen molar-refractivity contribution < 1.29 is 0 Å². The van der Waals surface area contributed by atoms with Crippen LogP contribution in [0.5, 0.6) is 0 Å². The van der Waals surface area contributed by atoms with Crippen molar-refractivity contribution in [2.24, 2.45) is 0 Å². The van der Waals surface area contributed by atoms with E-state index < -0.39 is 0 Å². The molecule has 0 fully saturated rings. The topological polar surface area (TPSA) is 41.0 Å². The predicted octanol–water partition coefficient (Wildman–Crippen LogP) is 3.36. The lowest BCUT2D eigenvalue weighted by Gasteiger charge is -2.20. The number of rotatable bonds is 8. The fraction of sp³-hybridized carbons (Fsp3) is 0.714. The Kier molecular flexibility index (Phi) is 7.10. The molecule has 0 saturated heterocycles. The van der Waals surface area contributed by atoms with E-state index in [4.69, 9.17) is 11.6 Å². The molecule has 1 aromatic heterocycles. The lowest BCUT2D eigenvalue weighted by atomic mass is 10.1. The maximum atomic E-state index is 5.85. The van der Waals surface area contributed by atoms with Gasteiger partial charge in [0.05, 0.1) is 0 Å². The average molecular weight is 285 g/mol. The SMILES string of the molecule is CCN(CC)CCCC(C)Nc1cc(C)nc(Cl)n1. The first-order valence-corrected chi connectivity index (χ1v) is 7.43. The minimum Gasteiger partial charge on any atom is -0.367 e. The Balaban J connectivity index is 2.36. The first-order valence-electron chi connectivity index (χ1n) is 7.05. The quantitative estimate of drug-likeness (QED) is 0.743. The number of anilines is 1. The van der Waals surface area contributed by atoms with Gasteiger partial charge < -0.3 is 10.2 Å². The van der Waals surface area contributed by atoms with E-state index in [0.29, 0.717) is 11.3 Å². The molecule has 0 spiro atoms. The molecule has 0 saturated carbocycles. The maximum Gasteiger partial charge on any atom is 0.224 e. The average Bonchev–Trinajstić information content (AvgIpc) is 2.33. The van der Waals surface area contributed by atoms with E-state index in [1.54, 1.807) is 0 Å². The zero-order valence-electron chi connectivity index (χ0n) is 12.4. The Morgan fingerprint density at radius 1 is 1.32 bits per heavy atom. The Morgan fingerprint density at radius 2 is 2.00 bits per heavy atom. The van der Waals surface area contributed by atoms with Crippen LogP contribution in [-0.4, -0.2) is 40.5 Å². The molecule has 0 bridgehead atoms. The van der Waals surface area contributed by atoms with Crippen LogP contribution in [0.3, 0.4) is 0 Å². The van der Waals surface area contributed by atoms with Crippen molar-refractivity contribution in [3.05, 3.63) is 17.0 Å². The summed E-state index contributed by atoms with van der Waals surface area (Å²) in [5.74, 6) is 0.813. The van der Waals surface area contributed by atoms with Gasteiger partial charge in [0.25, 0.3) is 0 Å². The highest BCUT2D eigenvalue weighted by Crippen LogP contribution is 2.12. The minimum atomic E-state index is 0.304. The van der Waals surface area contributed by atoms with Crippen LogP contribution >= 0.6 is 11.6 Å². The third-order valence-electron chi connectivity index (χ3n) is 3.23. The standard InChI is InChI=1S/C14H25ClN4/c1-5-19(6-2)9-7-8-11(3)16-13-10-12(4)17-14(15)18-13/h10-11H,5-9H2,1-4H3,(H,16,17,18). The van der Waals surface area contributed by atoms with Gasteiger partial charge in [-0.05, 0) is 57.9 Å². The van der Waals surface area contributed by atoms with E-state index >= 15 is 0 Å². The Bertz CT molecular complexity index is 359. The molecule has 0 aromatic carbocycles. The van der Waals surface area contributed by atoms with Crippen LogP contribution in [0.25, 0.3) is 0 Å². The van der Waals surface area contributed by atoms with Gasteiger partial charge in [0.2, 0.25) is 5.28 Å². The van der Waals surface area contributed by atoms with Gasteiger partial charge in [-0.15, -0.1) is 0 Å². The summed E-state index contributed by atoms with van der Waals surface area (Å²) in [6.45, 7) is 11.9. The first-order chi connectivity index (χ1) is 9.05. The normalized spacial score (nSPS) is 12.7. The summed E-state index contributed by atoms with van der Waals surface area (Å²) in [7, 11) is 0. The molecular weight excluding hydrogens is 260 g/mol. The van der Waals surface area contributed by atoms with Crippen molar-refractivity contribution in [2.45, 2.75) is 46.6 Å². The second-order valence-electron chi connectivity index (χ2n) is 4.88. The summed E-state index contributed by atoms with van der Waals surface area (Å²) in [4.78, 5) is 10.7. The monoisotopic (exact) mass is 284 g/mol. The first kappa shape index (κ1) is 16.2. The molecule has 1 unspecified atom stereocenters. The number of nitrogens with one attached hydrogen (secondary N) is 1. The molecule has 4 nitrogen and oxygen atoms in total. The Morgan fingerprint density at radius 3 is 2.58 bits per heavy atom. The van der Waals surface area contributed by atoms with Gasteiger partial charge in [-0.25, -0.2) is 9.97 Å². The third kappa shape index (κ3) is 6.21. The molecule has 1 heterocycles. The second kappa shape index (κ2) is 8.33. The van der Waals surface area contributed by atoms with Crippen molar-refractivity contribution in [1.29, 1.82) is 0 Å². The number of nitrogens with zero attached hydrogens (tertiary/aromatic N) is 3. The number of aryl methyl sites for hydroxylation is 1. The van der Waals surface area contributed by atoms with Crippen molar-refractivity contribution in [2.75, 3.05) is 25.0 Å². The summed E-state index contributed by atoms with van der Waals surface area (Å²) in [5.41, 5.74) is 0.887. The summed E-state index contributed by atoms with van der Waals surface area (Å²) in [5, 5.41) is 3.68. The van der Waals surface area contributed by atoms with Crippen LogP contribution in [-0.2, 0) is 0 Å². The van der Waals surface area contributed by atoms with Gasteiger partial charge in [-0.1, -0.05) is 13.8 Å². The van der Waals surface area contributed by atoms with Crippen LogP contribution in [0.2, 0.25) is 5.28 Å². The van der Waals surface area contributed by atoms with E-state index in [1.807, 2.05) is 13.0 Å². The van der Waals surface area contributed by atoms with Crippen LogP contribution in [0, 0.1) is 6.92 Å². The summed E-state index contributed by atoms with van der Waals surface area (Å²) < 4.78 is 0. The molecule has 5 heteroatoms. The molecule has 19 heavy (non-hydrogen) atoms. The zero-order valence-corrected chi connectivity index (χ0v) is 13.2. The third-order valence-corrected chi connectivity index (χ3v) is 3.40. The fourth-order valence-electron chi connectivity index (χ4n) is 2.09. The zero-order chi connectivity index (χ0) is 14.3. The predicted molar refractivity (Wildman–Crippen MR) is 81.9 cm³/mol. The number of aromatic nitrogens is 2. The number of halogens is 1. The van der Waals surface area contributed by atoms with Crippen molar-refractivity contribution in [3.8, 4) is 0 Å². The molecule has 0 amide bonds. The van der Waals surface area contributed by atoms with E-state index in [2.05, 4.69) is 41.0 Å². The van der Waals surface area contributed by atoms with E-state index in [9.17, 15) is 0 Å². The van der Waals surface area contributed by atoms with E-state index in [0.717, 1.165) is 37.6 Å². The lowest BCUT2D eigenvalue weighted by molar-refractivity contribution is 0.295.